The number of carbonyl (C=O) groups is 1. The zero-order chi connectivity index (χ0) is 8.40. The number of hydrogen-bond acceptors (Lipinski definition) is 2. The van der Waals surface area contributed by atoms with Gasteiger partial charge in [-0.15, -0.1) is 0 Å². The largest absolute Gasteiger partial charge is 0.392 e. The van der Waals surface area contributed by atoms with Crippen LogP contribution in [-0.4, -0.2) is 17.0 Å². The molecule has 3 aliphatic rings. The van der Waals surface area contributed by atoms with Gasteiger partial charge in [-0.25, -0.2) is 0 Å². The number of aliphatic hydroxyl groups is 1. The number of aliphatic hydroxyl groups excluding tert-OH is 1. The van der Waals surface area contributed by atoms with E-state index in [9.17, 15) is 9.90 Å². The molecule has 0 bridgehead atoms. The molecule has 3 saturated carbocycles. The maximum absolute atomic E-state index is 11.7. The second-order valence-corrected chi connectivity index (χ2v) is 4.73. The quantitative estimate of drug-likeness (QED) is 0.588. The Bertz CT molecular complexity index is 261. The van der Waals surface area contributed by atoms with E-state index < -0.39 is 0 Å². The number of rotatable bonds is 0. The lowest BCUT2D eigenvalue weighted by atomic mass is 9.52. The Balaban J connectivity index is 2.12. The van der Waals surface area contributed by atoms with Gasteiger partial charge in [-0.2, -0.15) is 0 Å². The van der Waals surface area contributed by atoms with Crippen LogP contribution in [0, 0.1) is 10.8 Å². The Morgan fingerprint density at radius 1 is 1.25 bits per heavy atom. The van der Waals surface area contributed by atoms with Crippen LogP contribution in [0.1, 0.15) is 38.5 Å². The van der Waals surface area contributed by atoms with Crippen molar-refractivity contribution >= 4 is 5.78 Å². The van der Waals surface area contributed by atoms with Gasteiger partial charge in [0.25, 0.3) is 0 Å². The van der Waals surface area contributed by atoms with Crippen molar-refractivity contribution in [1.82, 2.24) is 0 Å². The fourth-order valence-corrected chi connectivity index (χ4v) is 3.95. The van der Waals surface area contributed by atoms with Gasteiger partial charge in [0.05, 0.1) is 11.5 Å². The standard InChI is InChI=1S/C10H14O2/c11-7-1-3-9-4-2-8(12)10(7,9)6-5-9/h7,11H,1-6H2/t7-,9+,10-/m1/s1. The molecule has 0 aromatic rings. The molecule has 1 N–H and O–H groups in total. The maximum atomic E-state index is 11.7. The molecule has 0 aromatic heterocycles. The summed E-state index contributed by atoms with van der Waals surface area (Å²) >= 11 is 0. The van der Waals surface area contributed by atoms with Crippen LogP contribution in [0.4, 0.5) is 0 Å². The molecule has 0 aliphatic heterocycles. The number of Topliss-reactive ketones (excluding diaryl/α,β-unsaturated/α-hetero) is 1. The Hall–Kier alpha value is -0.370. The van der Waals surface area contributed by atoms with Gasteiger partial charge in [0.15, 0.2) is 0 Å². The van der Waals surface area contributed by atoms with E-state index in [1.165, 1.54) is 6.42 Å². The van der Waals surface area contributed by atoms with E-state index >= 15 is 0 Å². The van der Waals surface area contributed by atoms with Crippen LogP contribution in [-0.2, 0) is 4.79 Å². The molecule has 0 unspecified atom stereocenters. The Labute approximate surface area is 72.0 Å². The molecule has 2 nitrogen and oxygen atoms in total. The zero-order valence-electron chi connectivity index (χ0n) is 7.18. The lowest BCUT2D eigenvalue weighted by Crippen LogP contribution is -2.52. The summed E-state index contributed by atoms with van der Waals surface area (Å²) in [5.74, 6) is 0.360. The van der Waals surface area contributed by atoms with E-state index in [0.29, 0.717) is 5.78 Å². The van der Waals surface area contributed by atoms with Gasteiger partial charge < -0.3 is 5.11 Å². The minimum absolute atomic E-state index is 0.243. The predicted molar refractivity (Wildman–Crippen MR) is 43.6 cm³/mol. The van der Waals surface area contributed by atoms with Crippen molar-refractivity contribution in [1.29, 1.82) is 0 Å². The summed E-state index contributed by atoms with van der Waals surface area (Å²) in [4.78, 5) is 11.7. The molecule has 2 heteroatoms. The van der Waals surface area contributed by atoms with Crippen molar-refractivity contribution in [3.8, 4) is 0 Å². The highest BCUT2D eigenvalue weighted by molar-refractivity contribution is 5.90. The fourth-order valence-electron chi connectivity index (χ4n) is 3.95. The van der Waals surface area contributed by atoms with Gasteiger partial charge >= 0.3 is 0 Å². The van der Waals surface area contributed by atoms with E-state index in [2.05, 4.69) is 0 Å². The lowest BCUT2D eigenvalue weighted by molar-refractivity contribution is -0.148. The average molecular weight is 166 g/mol. The van der Waals surface area contributed by atoms with Crippen LogP contribution < -0.4 is 0 Å². The van der Waals surface area contributed by atoms with Crippen LogP contribution in [0.2, 0.25) is 0 Å². The summed E-state index contributed by atoms with van der Waals surface area (Å²) in [6, 6.07) is 0. The maximum Gasteiger partial charge on any atom is 0.142 e. The van der Waals surface area contributed by atoms with Crippen molar-refractivity contribution in [3.63, 3.8) is 0 Å². The van der Waals surface area contributed by atoms with Crippen LogP contribution in [0.25, 0.3) is 0 Å². The van der Waals surface area contributed by atoms with E-state index in [-0.39, 0.29) is 16.9 Å². The first-order valence-corrected chi connectivity index (χ1v) is 4.93. The Kier molecular flexibility index (Phi) is 1.04. The molecule has 12 heavy (non-hydrogen) atoms. The highest BCUT2D eigenvalue weighted by atomic mass is 16.3. The smallest absolute Gasteiger partial charge is 0.142 e. The van der Waals surface area contributed by atoms with Crippen molar-refractivity contribution < 1.29 is 9.90 Å². The third-order valence-electron chi connectivity index (χ3n) is 4.74. The third-order valence-corrected chi connectivity index (χ3v) is 4.74. The normalized spacial score (nSPS) is 56.4. The highest BCUT2D eigenvalue weighted by Gasteiger charge is 2.72. The van der Waals surface area contributed by atoms with E-state index in [1.54, 1.807) is 0 Å². The monoisotopic (exact) mass is 166 g/mol. The summed E-state index contributed by atoms with van der Waals surface area (Å²) in [5.41, 5.74) is 0.0243. The van der Waals surface area contributed by atoms with Crippen molar-refractivity contribution in [2.75, 3.05) is 0 Å². The molecule has 3 fully saturated rings. The minimum Gasteiger partial charge on any atom is -0.392 e. The van der Waals surface area contributed by atoms with Crippen LogP contribution in [0.3, 0.4) is 0 Å². The molecule has 0 amide bonds. The second-order valence-electron chi connectivity index (χ2n) is 4.73. The first-order valence-electron chi connectivity index (χ1n) is 4.93. The average Bonchev–Trinajstić information content (AvgIpc) is 2.28. The first kappa shape index (κ1) is 7.07. The minimum atomic E-state index is -0.304. The van der Waals surface area contributed by atoms with Crippen molar-refractivity contribution in [2.24, 2.45) is 10.8 Å². The molecule has 0 aromatic carbocycles. The van der Waals surface area contributed by atoms with Crippen LogP contribution in [0.5, 0.6) is 0 Å². The Morgan fingerprint density at radius 2 is 2.08 bits per heavy atom. The van der Waals surface area contributed by atoms with Gasteiger partial charge in [-0.1, -0.05) is 0 Å². The third kappa shape index (κ3) is 0.457. The molecule has 66 valence electrons. The fraction of sp³-hybridized carbons (Fsp3) is 0.900. The SMILES string of the molecule is O=C1CC[C@]23CC[C@@H](O)[C@]12CC3. The van der Waals surface area contributed by atoms with Crippen molar-refractivity contribution in [3.05, 3.63) is 0 Å². The van der Waals surface area contributed by atoms with Gasteiger partial charge in [0.2, 0.25) is 0 Å². The summed E-state index contributed by atoms with van der Waals surface area (Å²) in [6.45, 7) is 0. The van der Waals surface area contributed by atoms with E-state index in [0.717, 1.165) is 32.1 Å². The van der Waals surface area contributed by atoms with Gasteiger partial charge in [0.1, 0.15) is 5.78 Å². The topological polar surface area (TPSA) is 37.3 Å². The first-order chi connectivity index (χ1) is 5.71. The molecule has 0 saturated heterocycles. The van der Waals surface area contributed by atoms with Gasteiger partial charge in [-0.3, -0.25) is 4.79 Å². The highest BCUT2D eigenvalue weighted by Crippen LogP contribution is 2.72. The molecular formula is C10H14O2. The van der Waals surface area contributed by atoms with Crippen LogP contribution in [0.15, 0.2) is 0 Å². The molecule has 0 heterocycles. The molecule has 3 atom stereocenters. The Morgan fingerprint density at radius 3 is 2.67 bits per heavy atom. The van der Waals surface area contributed by atoms with Crippen LogP contribution >= 0.6 is 0 Å². The molecule has 3 aliphatic carbocycles. The zero-order valence-corrected chi connectivity index (χ0v) is 7.18. The predicted octanol–water partition coefficient (Wildman–Crippen LogP) is 1.27. The summed E-state index contributed by atoms with van der Waals surface area (Å²) in [7, 11) is 0. The molecule has 3 rings (SSSR count). The van der Waals surface area contributed by atoms with E-state index in [4.69, 9.17) is 0 Å². The summed E-state index contributed by atoms with van der Waals surface area (Å²) < 4.78 is 0. The number of ketones is 1. The summed E-state index contributed by atoms with van der Waals surface area (Å²) in [5, 5.41) is 9.82. The van der Waals surface area contributed by atoms with E-state index in [1.807, 2.05) is 0 Å². The second kappa shape index (κ2) is 1.77. The van der Waals surface area contributed by atoms with Gasteiger partial charge in [0, 0.05) is 6.42 Å². The molecular weight excluding hydrogens is 152 g/mol. The van der Waals surface area contributed by atoms with Crippen molar-refractivity contribution in [2.45, 2.75) is 44.6 Å². The molecule has 0 radical (unpaired) electrons. The number of hydrogen-bond donors (Lipinski definition) is 1. The molecule has 0 spiro atoms. The van der Waals surface area contributed by atoms with Gasteiger partial charge in [-0.05, 0) is 37.5 Å². The summed E-state index contributed by atoms with van der Waals surface area (Å²) in [6.07, 6.45) is 5.61. The number of carbonyl (C=O) groups excluding carboxylic acids is 1. The lowest BCUT2D eigenvalue weighted by Gasteiger charge is -2.51.